The zero-order valence-electron chi connectivity index (χ0n) is 19.6. The molecular formula is C30H42. The molecule has 0 bridgehead atoms. The molecule has 162 valence electrons. The lowest BCUT2D eigenvalue weighted by atomic mass is 9.68. The predicted octanol–water partition coefficient (Wildman–Crippen LogP) is 9.50. The summed E-state index contributed by atoms with van der Waals surface area (Å²) in [4.78, 5) is 0. The van der Waals surface area contributed by atoms with Crippen molar-refractivity contribution in [2.24, 2.45) is 11.3 Å². The van der Waals surface area contributed by atoms with Crippen LogP contribution in [0.5, 0.6) is 0 Å². The van der Waals surface area contributed by atoms with Crippen LogP contribution in [0.3, 0.4) is 0 Å². The van der Waals surface area contributed by atoms with Crippen LogP contribution < -0.4 is 0 Å². The van der Waals surface area contributed by atoms with Crippen LogP contribution in [0.25, 0.3) is 11.1 Å². The number of hydrogen-bond acceptors (Lipinski definition) is 0. The van der Waals surface area contributed by atoms with Gasteiger partial charge in [0.2, 0.25) is 0 Å². The largest absolute Gasteiger partial charge is 0.0654 e. The Morgan fingerprint density at radius 3 is 1.57 bits per heavy atom. The normalized spacial score (nSPS) is 29.6. The fraction of sp³-hybridized carbons (Fsp3) is 0.600. The van der Waals surface area contributed by atoms with Gasteiger partial charge in [0.1, 0.15) is 0 Å². The molecule has 0 radical (unpaired) electrons. The van der Waals surface area contributed by atoms with Crippen molar-refractivity contribution in [2.75, 3.05) is 0 Å². The molecule has 0 heterocycles. The van der Waals surface area contributed by atoms with Crippen LogP contribution in [0.15, 0.2) is 48.5 Å². The van der Waals surface area contributed by atoms with Crippen molar-refractivity contribution in [1.82, 2.24) is 0 Å². The highest BCUT2D eigenvalue weighted by Gasteiger charge is 2.30. The molecule has 0 unspecified atom stereocenters. The predicted molar refractivity (Wildman–Crippen MR) is 131 cm³/mol. The third-order valence-corrected chi connectivity index (χ3v) is 8.57. The topological polar surface area (TPSA) is 0 Å². The van der Waals surface area contributed by atoms with Crippen molar-refractivity contribution in [2.45, 2.75) is 103 Å². The summed E-state index contributed by atoms with van der Waals surface area (Å²) >= 11 is 0. The summed E-state index contributed by atoms with van der Waals surface area (Å²) in [6, 6.07) is 19.0. The first-order chi connectivity index (χ1) is 14.6. The first kappa shape index (κ1) is 21.7. The Bertz CT molecular complexity index is 766. The quantitative estimate of drug-likeness (QED) is 0.451. The lowest BCUT2D eigenvalue weighted by molar-refractivity contribution is 0.182. The maximum Gasteiger partial charge on any atom is -0.0162 e. The summed E-state index contributed by atoms with van der Waals surface area (Å²) in [7, 11) is 0. The molecule has 0 saturated heterocycles. The first-order valence-corrected chi connectivity index (χ1v) is 12.8. The SMILES string of the molecule is CCCC1(C)CCC(c2ccc(-c3ccc(C4CCC(CC)CC4)cc3)cc2)CC1. The van der Waals surface area contributed by atoms with E-state index in [4.69, 9.17) is 0 Å². The second-order valence-electron chi connectivity index (χ2n) is 10.7. The van der Waals surface area contributed by atoms with Crippen molar-refractivity contribution in [3.63, 3.8) is 0 Å². The summed E-state index contributed by atoms with van der Waals surface area (Å²) in [6.45, 7) is 7.19. The monoisotopic (exact) mass is 402 g/mol. The first-order valence-electron chi connectivity index (χ1n) is 12.8. The molecule has 0 nitrogen and oxygen atoms in total. The van der Waals surface area contributed by atoms with Gasteiger partial charge in [-0.05, 0) is 103 Å². The molecule has 0 spiro atoms. The minimum atomic E-state index is 0.600. The molecule has 2 aliphatic rings. The zero-order chi connectivity index (χ0) is 21.0. The van der Waals surface area contributed by atoms with E-state index in [2.05, 4.69) is 69.3 Å². The van der Waals surface area contributed by atoms with E-state index in [1.165, 1.54) is 81.8 Å². The maximum absolute atomic E-state index is 2.51. The number of benzene rings is 2. The standard InChI is InChI=1S/C30H42/c1-4-20-30(3)21-18-29(19-22-30)28-16-14-27(15-17-28)26-12-10-25(11-13-26)24-8-6-23(5-2)7-9-24/h10-17,23-24,29H,4-9,18-22H2,1-3H3. The zero-order valence-corrected chi connectivity index (χ0v) is 19.6. The van der Waals surface area contributed by atoms with Crippen LogP contribution in [0.1, 0.15) is 114 Å². The lowest BCUT2D eigenvalue weighted by Gasteiger charge is -2.37. The summed E-state index contributed by atoms with van der Waals surface area (Å²) in [5, 5.41) is 0. The molecule has 0 amide bonds. The number of hydrogen-bond donors (Lipinski definition) is 0. The summed E-state index contributed by atoms with van der Waals surface area (Å²) in [5.41, 5.74) is 6.45. The van der Waals surface area contributed by atoms with E-state index < -0.39 is 0 Å². The molecule has 4 rings (SSSR count). The van der Waals surface area contributed by atoms with Gasteiger partial charge in [0.05, 0.1) is 0 Å². The molecule has 0 atom stereocenters. The van der Waals surface area contributed by atoms with Gasteiger partial charge in [-0.2, -0.15) is 0 Å². The molecule has 0 heteroatoms. The third-order valence-electron chi connectivity index (χ3n) is 8.57. The fourth-order valence-electron chi connectivity index (χ4n) is 6.30. The smallest absolute Gasteiger partial charge is 0.0162 e. The Morgan fingerprint density at radius 2 is 1.13 bits per heavy atom. The van der Waals surface area contributed by atoms with Gasteiger partial charge in [0.15, 0.2) is 0 Å². The van der Waals surface area contributed by atoms with E-state index >= 15 is 0 Å². The van der Waals surface area contributed by atoms with Crippen molar-refractivity contribution in [3.8, 4) is 11.1 Å². The van der Waals surface area contributed by atoms with E-state index in [9.17, 15) is 0 Å². The highest BCUT2D eigenvalue weighted by Crippen LogP contribution is 2.45. The average Bonchev–Trinajstić information content (AvgIpc) is 2.80. The van der Waals surface area contributed by atoms with Crippen molar-refractivity contribution in [3.05, 3.63) is 59.7 Å². The van der Waals surface area contributed by atoms with Gasteiger partial charge < -0.3 is 0 Å². The van der Waals surface area contributed by atoms with Gasteiger partial charge in [-0.15, -0.1) is 0 Å². The van der Waals surface area contributed by atoms with Crippen LogP contribution in [-0.2, 0) is 0 Å². The summed E-state index contributed by atoms with van der Waals surface area (Å²) in [5.74, 6) is 2.53. The van der Waals surface area contributed by atoms with Gasteiger partial charge >= 0.3 is 0 Å². The Morgan fingerprint density at radius 1 is 0.667 bits per heavy atom. The fourth-order valence-corrected chi connectivity index (χ4v) is 6.30. The molecular weight excluding hydrogens is 360 g/mol. The minimum Gasteiger partial charge on any atom is -0.0654 e. The third kappa shape index (κ3) is 5.01. The van der Waals surface area contributed by atoms with Crippen LogP contribution in [-0.4, -0.2) is 0 Å². The lowest BCUT2D eigenvalue weighted by Crippen LogP contribution is -2.23. The van der Waals surface area contributed by atoms with Crippen LogP contribution in [0, 0.1) is 11.3 Å². The van der Waals surface area contributed by atoms with Crippen molar-refractivity contribution < 1.29 is 0 Å². The van der Waals surface area contributed by atoms with Crippen molar-refractivity contribution >= 4 is 0 Å². The maximum atomic E-state index is 2.51. The van der Waals surface area contributed by atoms with Crippen LogP contribution in [0.4, 0.5) is 0 Å². The second kappa shape index (κ2) is 9.71. The van der Waals surface area contributed by atoms with E-state index in [-0.39, 0.29) is 0 Å². The van der Waals surface area contributed by atoms with Gasteiger partial charge in [0.25, 0.3) is 0 Å². The van der Waals surface area contributed by atoms with Gasteiger partial charge in [-0.1, -0.05) is 82.1 Å². The molecule has 0 aliphatic heterocycles. The molecule has 2 aromatic rings. The Balaban J connectivity index is 1.36. The van der Waals surface area contributed by atoms with Crippen LogP contribution in [0.2, 0.25) is 0 Å². The molecule has 2 aromatic carbocycles. The molecule has 0 N–H and O–H groups in total. The molecule has 2 aliphatic carbocycles. The average molecular weight is 403 g/mol. The summed E-state index contributed by atoms with van der Waals surface area (Å²) in [6.07, 6.45) is 15.2. The Kier molecular flexibility index (Phi) is 7.01. The van der Waals surface area contributed by atoms with Gasteiger partial charge in [0, 0.05) is 0 Å². The van der Waals surface area contributed by atoms with Gasteiger partial charge in [-0.25, -0.2) is 0 Å². The van der Waals surface area contributed by atoms with Crippen LogP contribution >= 0.6 is 0 Å². The van der Waals surface area contributed by atoms with E-state index in [1.807, 2.05) is 0 Å². The second-order valence-corrected chi connectivity index (χ2v) is 10.7. The van der Waals surface area contributed by atoms with Crippen molar-refractivity contribution in [1.29, 1.82) is 0 Å². The minimum absolute atomic E-state index is 0.600. The Hall–Kier alpha value is -1.56. The van der Waals surface area contributed by atoms with E-state index in [0.29, 0.717) is 5.41 Å². The molecule has 2 saturated carbocycles. The molecule has 2 fully saturated rings. The molecule has 0 aromatic heterocycles. The Labute approximate surface area is 185 Å². The van der Waals surface area contributed by atoms with E-state index in [0.717, 1.165) is 17.8 Å². The highest BCUT2D eigenvalue weighted by atomic mass is 14.4. The number of rotatable bonds is 6. The van der Waals surface area contributed by atoms with Gasteiger partial charge in [-0.3, -0.25) is 0 Å². The summed E-state index contributed by atoms with van der Waals surface area (Å²) < 4.78 is 0. The molecule has 30 heavy (non-hydrogen) atoms. The highest BCUT2D eigenvalue weighted by molar-refractivity contribution is 5.64. The van der Waals surface area contributed by atoms with E-state index in [1.54, 1.807) is 11.1 Å².